The van der Waals surface area contributed by atoms with Crippen molar-refractivity contribution < 1.29 is 8.42 Å². The Balaban J connectivity index is 2.15. The topological polar surface area (TPSA) is 46.2 Å². The summed E-state index contributed by atoms with van der Waals surface area (Å²) in [6.07, 6.45) is 1.63. The molecule has 1 aromatic carbocycles. The van der Waals surface area contributed by atoms with Crippen molar-refractivity contribution in [1.82, 2.24) is 5.32 Å². The molecule has 0 aliphatic carbocycles. The molecule has 1 fully saturated rings. The van der Waals surface area contributed by atoms with Crippen LogP contribution in [0.1, 0.15) is 25.0 Å². The van der Waals surface area contributed by atoms with Crippen LogP contribution in [0, 0.1) is 0 Å². The fourth-order valence-electron chi connectivity index (χ4n) is 2.47. The second kappa shape index (κ2) is 5.41. The summed E-state index contributed by atoms with van der Waals surface area (Å²) in [7, 11) is -2.95. The first-order valence-electron chi connectivity index (χ1n) is 6.55. The van der Waals surface area contributed by atoms with Crippen LogP contribution >= 0.6 is 0 Å². The molecule has 18 heavy (non-hydrogen) atoms. The molecule has 0 spiro atoms. The van der Waals surface area contributed by atoms with Gasteiger partial charge < -0.3 is 5.32 Å². The Labute approximate surface area is 110 Å². The average molecular weight is 267 g/mol. The molecule has 0 bridgehead atoms. The SMILES string of the molecule is CCc1ccc(CC2C(C)NCCS2(=O)=O)cc1. The normalized spacial score (nSPS) is 27.0. The monoisotopic (exact) mass is 267 g/mol. The van der Waals surface area contributed by atoms with E-state index < -0.39 is 9.84 Å². The van der Waals surface area contributed by atoms with Crippen LogP contribution in [0.15, 0.2) is 24.3 Å². The highest BCUT2D eigenvalue weighted by Gasteiger charge is 2.34. The molecule has 100 valence electrons. The Kier molecular flexibility index (Phi) is 4.07. The minimum absolute atomic E-state index is 0.0367. The predicted octanol–water partition coefficient (Wildman–Crippen LogP) is 1.57. The van der Waals surface area contributed by atoms with Crippen LogP contribution in [-0.4, -0.2) is 32.0 Å². The molecule has 2 unspecified atom stereocenters. The highest BCUT2D eigenvalue weighted by Crippen LogP contribution is 2.18. The van der Waals surface area contributed by atoms with Crippen LogP contribution in [-0.2, 0) is 22.7 Å². The van der Waals surface area contributed by atoms with Crippen molar-refractivity contribution in [2.45, 2.75) is 38.0 Å². The van der Waals surface area contributed by atoms with Gasteiger partial charge in [-0.2, -0.15) is 0 Å². The highest BCUT2D eigenvalue weighted by atomic mass is 32.2. The first kappa shape index (κ1) is 13.6. The van der Waals surface area contributed by atoms with E-state index in [1.165, 1.54) is 5.56 Å². The third-order valence-corrected chi connectivity index (χ3v) is 6.01. The van der Waals surface area contributed by atoms with Crippen LogP contribution in [0.5, 0.6) is 0 Å². The molecule has 1 aliphatic heterocycles. The summed E-state index contributed by atoms with van der Waals surface area (Å²) in [5.41, 5.74) is 2.40. The van der Waals surface area contributed by atoms with Gasteiger partial charge in [0.2, 0.25) is 0 Å². The zero-order chi connectivity index (χ0) is 13.2. The third-order valence-electron chi connectivity index (χ3n) is 3.74. The predicted molar refractivity (Wildman–Crippen MR) is 74.6 cm³/mol. The summed E-state index contributed by atoms with van der Waals surface area (Å²) >= 11 is 0. The maximum atomic E-state index is 12.1. The fraction of sp³-hybridized carbons (Fsp3) is 0.571. The molecule has 0 amide bonds. The summed E-state index contributed by atoms with van der Waals surface area (Å²) in [5.74, 6) is 0.259. The van der Waals surface area contributed by atoms with Crippen LogP contribution in [0.4, 0.5) is 0 Å². The zero-order valence-corrected chi connectivity index (χ0v) is 11.8. The van der Waals surface area contributed by atoms with Crippen molar-refractivity contribution in [2.24, 2.45) is 0 Å². The number of rotatable bonds is 3. The molecule has 2 rings (SSSR count). The maximum absolute atomic E-state index is 12.1. The van der Waals surface area contributed by atoms with E-state index >= 15 is 0 Å². The smallest absolute Gasteiger partial charge is 0.156 e. The van der Waals surface area contributed by atoms with Gasteiger partial charge in [0.05, 0.1) is 11.0 Å². The molecule has 1 aromatic rings. The molecule has 2 atom stereocenters. The lowest BCUT2D eigenvalue weighted by Gasteiger charge is -2.30. The Morgan fingerprint density at radius 3 is 2.39 bits per heavy atom. The van der Waals surface area contributed by atoms with Gasteiger partial charge in [-0.1, -0.05) is 31.2 Å². The van der Waals surface area contributed by atoms with E-state index in [9.17, 15) is 8.42 Å². The molecular formula is C14H21NO2S. The number of aryl methyl sites for hydroxylation is 1. The van der Waals surface area contributed by atoms with Crippen molar-refractivity contribution in [3.8, 4) is 0 Å². The minimum atomic E-state index is -2.95. The fourth-order valence-corrected chi connectivity index (χ4v) is 4.34. The number of sulfone groups is 1. The van der Waals surface area contributed by atoms with E-state index in [0.29, 0.717) is 13.0 Å². The van der Waals surface area contributed by atoms with Gasteiger partial charge in [0.1, 0.15) is 0 Å². The van der Waals surface area contributed by atoms with Crippen LogP contribution in [0.25, 0.3) is 0 Å². The van der Waals surface area contributed by atoms with Crippen molar-refractivity contribution in [3.05, 3.63) is 35.4 Å². The molecular weight excluding hydrogens is 246 g/mol. The second-order valence-corrected chi connectivity index (χ2v) is 7.36. The molecule has 1 saturated heterocycles. The summed E-state index contributed by atoms with van der Waals surface area (Å²) in [5, 5.41) is 2.96. The van der Waals surface area contributed by atoms with E-state index in [4.69, 9.17) is 0 Å². The molecule has 3 nitrogen and oxygen atoms in total. The average Bonchev–Trinajstić information content (AvgIpc) is 2.34. The highest BCUT2D eigenvalue weighted by molar-refractivity contribution is 7.92. The summed E-state index contributed by atoms with van der Waals surface area (Å²) in [4.78, 5) is 0. The Hall–Kier alpha value is -0.870. The van der Waals surface area contributed by atoms with Gasteiger partial charge in [-0.05, 0) is 30.9 Å². The number of benzene rings is 1. The first-order valence-corrected chi connectivity index (χ1v) is 8.27. The lowest BCUT2D eigenvalue weighted by atomic mass is 10.0. The second-order valence-electron chi connectivity index (χ2n) is 5.02. The summed E-state index contributed by atoms with van der Waals surface area (Å²) < 4.78 is 24.2. The molecule has 0 saturated carbocycles. The summed E-state index contributed by atoms with van der Waals surface area (Å²) in [6, 6.07) is 8.31. The van der Waals surface area contributed by atoms with Crippen molar-refractivity contribution in [3.63, 3.8) is 0 Å². The Morgan fingerprint density at radius 1 is 1.22 bits per heavy atom. The molecule has 1 aliphatic rings. The lowest BCUT2D eigenvalue weighted by Crippen LogP contribution is -2.51. The van der Waals surface area contributed by atoms with Gasteiger partial charge in [0.15, 0.2) is 9.84 Å². The largest absolute Gasteiger partial charge is 0.312 e. The minimum Gasteiger partial charge on any atom is -0.312 e. The molecule has 1 N–H and O–H groups in total. The van der Waals surface area contributed by atoms with Crippen LogP contribution < -0.4 is 5.32 Å². The molecule has 0 radical (unpaired) electrons. The first-order chi connectivity index (χ1) is 8.53. The number of hydrogen-bond donors (Lipinski definition) is 1. The molecule has 0 aromatic heterocycles. The standard InChI is InChI=1S/C14H21NO2S/c1-3-12-4-6-13(7-5-12)10-14-11(2)15-8-9-18(14,16)17/h4-7,11,14-15H,3,8-10H2,1-2H3. The van der Waals surface area contributed by atoms with Gasteiger partial charge >= 0.3 is 0 Å². The molecule has 4 heteroatoms. The van der Waals surface area contributed by atoms with Gasteiger partial charge in [-0.3, -0.25) is 0 Å². The van der Waals surface area contributed by atoms with E-state index in [2.05, 4.69) is 36.5 Å². The number of hydrogen-bond acceptors (Lipinski definition) is 3. The maximum Gasteiger partial charge on any atom is 0.156 e. The molecule has 1 heterocycles. The van der Waals surface area contributed by atoms with Crippen LogP contribution in [0.3, 0.4) is 0 Å². The van der Waals surface area contributed by atoms with Crippen molar-refractivity contribution in [2.75, 3.05) is 12.3 Å². The van der Waals surface area contributed by atoms with E-state index in [1.807, 2.05) is 6.92 Å². The van der Waals surface area contributed by atoms with Gasteiger partial charge in [0.25, 0.3) is 0 Å². The zero-order valence-electron chi connectivity index (χ0n) is 11.0. The van der Waals surface area contributed by atoms with Gasteiger partial charge in [-0.25, -0.2) is 8.42 Å². The van der Waals surface area contributed by atoms with E-state index in [1.54, 1.807) is 0 Å². The van der Waals surface area contributed by atoms with Crippen molar-refractivity contribution >= 4 is 9.84 Å². The van der Waals surface area contributed by atoms with Crippen LogP contribution in [0.2, 0.25) is 0 Å². The van der Waals surface area contributed by atoms with Crippen molar-refractivity contribution in [1.29, 1.82) is 0 Å². The lowest BCUT2D eigenvalue weighted by molar-refractivity contribution is 0.477. The Bertz CT molecular complexity index is 493. The van der Waals surface area contributed by atoms with E-state index in [0.717, 1.165) is 12.0 Å². The van der Waals surface area contributed by atoms with Gasteiger partial charge in [0, 0.05) is 12.6 Å². The van der Waals surface area contributed by atoms with Gasteiger partial charge in [-0.15, -0.1) is 0 Å². The number of nitrogens with one attached hydrogen (secondary N) is 1. The third kappa shape index (κ3) is 2.93. The summed E-state index contributed by atoms with van der Waals surface area (Å²) in [6.45, 7) is 4.66. The van der Waals surface area contributed by atoms with E-state index in [-0.39, 0.29) is 17.0 Å². The Morgan fingerprint density at radius 2 is 1.83 bits per heavy atom. The quantitative estimate of drug-likeness (QED) is 0.904.